The minimum Gasteiger partial charge on any atom is -0.481 e. The van der Waals surface area contributed by atoms with Crippen LogP contribution >= 0.6 is 0 Å². The van der Waals surface area contributed by atoms with E-state index < -0.39 is 23.4 Å². The summed E-state index contributed by atoms with van der Waals surface area (Å²) in [6.07, 6.45) is 2.05. The van der Waals surface area contributed by atoms with Crippen molar-refractivity contribution in [1.82, 2.24) is 15.1 Å². The molecule has 1 saturated carbocycles. The summed E-state index contributed by atoms with van der Waals surface area (Å²) in [5.41, 5.74) is 7.08. The number of carbonyl (C=O) groups is 2. The van der Waals surface area contributed by atoms with Gasteiger partial charge in [0.25, 0.3) is 11.5 Å². The molecule has 3 aromatic rings. The van der Waals surface area contributed by atoms with Crippen LogP contribution in [0.4, 0.5) is 0 Å². The first-order valence-corrected chi connectivity index (χ1v) is 11.0. The predicted molar refractivity (Wildman–Crippen MR) is 127 cm³/mol. The summed E-state index contributed by atoms with van der Waals surface area (Å²) in [4.78, 5) is 37.6. The van der Waals surface area contributed by atoms with Gasteiger partial charge in [-0.2, -0.15) is 9.78 Å². The van der Waals surface area contributed by atoms with Crippen LogP contribution in [0.5, 0.6) is 0 Å². The molecule has 1 heterocycles. The lowest BCUT2D eigenvalue weighted by molar-refractivity contribution is -0.142. The molecule has 174 valence electrons. The number of amidine groups is 1. The topological polar surface area (TPSA) is 151 Å². The van der Waals surface area contributed by atoms with E-state index in [4.69, 9.17) is 11.1 Å². The summed E-state index contributed by atoms with van der Waals surface area (Å²) in [6, 6.07) is 16.9. The Morgan fingerprint density at radius 2 is 1.68 bits per heavy atom. The van der Waals surface area contributed by atoms with Crippen LogP contribution in [0, 0.1) is 11.3 Å². The zero-order chi connectivity index (χ0) is 24.2. The van der Waals surface area contributed by atoms with Gasteiger partial charge < -0.3 is 16.2 Å². The number of hydrogen-bond acceptors (Lipinski definition) is 5. The summed E-state index contributed by atoms with van der Waals surface area (Å²) >= 11 is 0. The third kappa shape index (κ3) is 4.88. The first kappa shape index (κ1) is 22.9. The van der Waals surface area contributed by atoms with Crippen molar-refractivity contribution in [3.05, 3.63) is 82.1 Å². The highest BCUT2D eigenvalue weighted by Crippen LogP contribution is 2.25. The Bertz CT molecular complexity index is 1280. The fourth-order valence-corrected chi connectivity index (χ4v) is 4.11. The monoisotopic (exact) mass is 459 g/mol. The maximum atomic E-state index is 13.2. The highest BCUT2D eigenvalue weighted by atomic mass is 16.4. The molecule has 34 heavy (non-hydrogen) atoms. The number of nitrogens with one attached hydrogen (secondary N) is 2. The van der Waals surface area contributed by atoms with Crippen LogP contribution < -0.4 is 16.6 Å². The molecule has 0 bridgehead atoms. The molecule has 0 unspecified atom stereocenters. The van der Waals surface area contributed by atoms with Gasteiger partial charge in [0.05, 0.1) is 17.3 Å². The van der Waals surface area contributed by atoms with E-state index in [9.17, 15) is 19.5 Å². The molecule has 1 fully saturated rings. The molecule has 0 aliphatic heterocycles. The van der Waals surface area contributed by atoms with Gasteiger partial charge in [0.1, 0.15) is 11.4 Å². The summed E-state index contributed by atoms with van der Waals surface area (Å²) in [7, 11) is 0. The number of para-hydroxylation sites is 1. The molecule has 1 aliphatic rings. The van der Waals surface area contributed by atoms with Crippen molar-refractivity contribution < 1.29 is 14.7 Å². The molecular formula is C25H25N5O4. The molecule has 0 spiro atoms. The van der Waals surface area contributed by atoms with Gasteiger partial charge in [-0.3, -0.25) is 19.8 Å². The average molecular weight is 460 g/mol. The minimum absolute atomic E-state index is 0.0511. The van der Waals surface area contributed by atoms with Crippen LogP contribution in [-0.4, -0.2) is 38.6 Å². The molecule has 1 aliphatic carbocycles. The van der Waals surface area contributed by atoms with Gasteiger partial charge in [-0.05, 0) is 43.9 Å². The Labute approximate surface area is 195 Å². The second-order valence-corrected chi connectivity index (χ2v) is 8.35. The highest BCUT2D eigenvalue weighted by Gasteiger charge is 2.28. The minimum atomic E-state index is -0.815. The Morgan fingerprint density at radius 1 is 1.03 bits per heavy atom. The summed E-state index contributed by atoms with van der Waals surface area (Å²) in [5.74, 6) is -1.79. The molecular weight excluding hydrogens is 434 g/mol. The number of nitrogen functional groups attached to an aromatic ring is 1. The molecule has 9 nitrogen and oxygen atoms in total. The van der Waals surface area contributed by atoms with E-state index >= 15 is 0 Å². The SMILES string of the molecule is N=C(N)c1ccc(-c2cc(C(=O)N[C@H]3CC[C@H](C(=O)O)CC3)c(=O)n(-c3ccccc3)n2)cc1. The van der Waals surface area contributed by atoms with E-state index in [1.54, 1.807) is 48.5 Å². The maximum Gasteiger partial charge on any atom is 0.306 e. The van der Waals surface area contributed by atoms with Crippen molar-refractivity contribution >= 4 is 17.7 Å². The Morgan fingerprint density at radius 3 is 2.26 bits per heavy atom. The van der Waals surface area contributed by atoms with Gasteiger partial charge in [-0.1, -0.05) is 42.5 Å². The summed E-state index contributed by atoms with van der Waals surface area (Å²) in [5, 5.41) is 24.1. The van der Waals surface area contributed by atoms with Crippen molar-refractivity contribution in [3.63, 3.8) is 0 Å². The van der Waals surface area contributed by atoms with E-state index in [1.807, 2.05) is 6.07 Å². The number of aliphatic carboxylic acids is 1. The number of carbonyl (C=O) groups excluding carboxylic acids is 1. The standard InChI is InChI=1S/C25H25N5O4/c26-22(27)16-8-6-15(7-9-16)21-14-20(24(32)30(29-21)19-4-2-1-3-5-19)23(31)28-18-12-10-17(11-13-18)25(33)34/h1-9,14,17-18H,10-13H2,(H3,26,27)(H,28,31)(H,33,34)/t17-,18-. The molecule has 2 aromatic carbocycles. The van der Waals surface area contributed by atoms with Crippen LogP contribution in [-0.2, 0) is 4.79 Å². The lowest BCUT2D eigenvalue weighted by atomic mass is 9.86. The third-order valence-electron chi connectivity index (χ3n) is 6.06. The first-order chi connectivity index (χ1) is 16.3. The molecule has 5 N–H and O–H groups in total. The van der Waals surface area contributed by atoms with Crippen LogP contribution in [0.25, 0.3) is 16.9 Å². The van der Waals surface area contributed by atoms with Crippen LogP contribution in [0.3, 0.4) is 0 Å². The number of benzene rings is 2. The second kappa shape index (κ2) is 9.70. The van der Waals surface area contributed by atoms with E-state index in [-0.39, 0.29) is 17.4 Å². The highest BCUT2D eigenvalue weighted by molar-refractivity contribution is 5.96. The number of nitrogens with zero attached hydrogens (tertiary/aromatic N) is 2. The molecule has 1 aromatic heterocycles. The summed E-state index contributed by atoms with van der Waals surface area (Å²) < 4.78 is 1.20. The number of nitrogens with two attached hydrogens (primary N) is 1. The van der Waals surface area contributed by atoms with Crippen LogP contribution in [0.1, 0.15) is 41.6 Å². The van der Waals surface area contributed by atoms with Gasteiger partial charge in [-0.15, -0.1) is 0 Å². The number of carboxylic acids is 1. The number of amides is 1. The quantitative estimate of drug-likeness (QED) is 0.328. The zero-order valence-corrected chi connectivity index (χ0v) is 18.4. The lowest BCUT2D eigenvalue weighted by Crippen LogP contribution is -2.41. The fraction of sp³-hybridized carbons (Fsp3) is 0.240. The predicted octanol–water partition coefficient (Wildman–Crippen LogP) is 2.56. The smallest absolute Gasteiger partial charge is 0.306 e. The normalized spacial score (nSPS) is 17.6. The van der Waals surface area contributed by atoms with E-state index in [1.165, 1.54) is 10.7 Å². The van der Waals surface area contributed by atoms with Crippen molar-refractivity contribution in [1.29, 1.82) is 5.41 Å². The van der Waals surface area contributed by atoms with Gasteiger partial charge >= 0.3 is 5.97 Å². The molecule has 0 radical (unpaired) electrons. The van der Waals surface area contributed by atoms with Crippen LogP contribution in [0.2, 0.25) is 0 Å². The Kier molecular flexibility index (Phi) is 6.53. The number of hydrogen-bond donors (Lipinski definition) is 4. The zero-order valence-electron chi connectivity index (χ0n) is 18.4. The Balaban J connectivity index is 1.69. The molecule has 0 saturated heterocycles. The maximum absolute atomic E-state index is 13.2. The largest absolute Gasteiger partial charge is 0.481 e. The van der Waals surface area contributed by atoms with E-state index in [2.05, 4.69) is 10.4 Å². The van der Waals surface area contributed by atoms with E-state index in [0.717, 1.165) is 0 Å². The van der Waals surface area contributed by atoms with Gasteiger partial charge in [0.15, 0.2) is 0 Å². The second-order valence-electron chi connectivity index (χ2n) is 8.35. The van der Waals surface area contributed by atoms with Gasteiger partial charge in [0, 0.05) is 17.2 Å². The summed E-state index contributed by atoms with van der Waals surface area (Å²) in [6.45, 7) is 0. The fourth-order valence-electron chi connectivity index (χ4n) is 4.11. The Hall–Kier alpha value is -4.27. The molecule has 9 heteroatoms. The van der Waals surface area contributed by atoms with Crippen molar-refractivity contribution in [2.24, 2.45) is 11.7 Å². The first-order valence-electron chi connectivity index (χ1n) is 11.0. The number of rotatable bonds is 6. The van der Waals surface area contributed by atoms with Gasteiger partial charge in [-0.25, -0.2) is 0 Å². The van der Waals surface area contributed by atoms with Gasteiger partial charge in [0.2, 0.25) is 0 Å². The molecule has 4 rings (SSSR count). The number of aromatic nitrogens is 2. The lowest BCUT2D eigenvalue weighted by Gasteiger charge is -2.26. The van der Waals surface area contributed by atoms with Crippen LogP contribution in [0.15, 0.2) is 65.5 Å². The molecule has 0 atom stereocenters. The van der Waals surface area contributed by atoms with Crippen molar-refractivity contribution in [3.8, 4) is 16.9 Å². The van der Waals surface area contributed by atoms with E-state index in [0.29, 0.717) is 48.2 Å². The third-order valence-corrected chi connectivity index (χ3v) is 6.06. The average Bonchev–Trinajstić information content (AvgIpc) is 2.85. The van der Waals surface area contributed by atoms with Crippen molar-refractivity contribution in [2.75, 3.05) is 0 Å². The van der Waals surface area contributed by atoms with Crippen molar-refractivity contribution in [2.45, 2.75) is 31.7 Å². The molecule has 1 amide bonds. The number of carboxylic acid groups (broad SMARTS) is 1.